The number of benzene rings is 3. The normalized spacial score (nSPS) is 10.9. The van der Waals surface area contributed by atoms with E-state index in [4.69, 9.17) is 9.47 Å². The minimum atomic E-state index is 0.469. The van der Waals surface area contributed by atoms with Crippen molar-refractivity contribution in [1.82, 2.24) is 4.98 Å². The molecule has 1 N–H and O–H groups in total. The molecule has 4 aromatic rings. The fraction of sp³-hybridized carbons (Fsp3) is 0.0769. The maximum absolute atomic E-state index is 9.61. The van der Waals surface area contributed by atoms with Crippen LogP contribution in [-0.2, 0) is 0 Å². The monoisotopic (exact) mass is 439 g/mol. The number of hydrogen-bond acceptors (Lipinski definition) is 6. The van der Waals surface area contributed by atoms with E-state index in [0.717, 1.165) is 34.2 Å². The smallest absolute Gasteiger partial charge is 0.136 e. The molecule has 1 aromatic heterocycles. The zero-order valence-electron chi connectivity index (χ0n) is 17.5. The Balaban J connectivity index is 1.43. The van der Waals surface area contributed by atoms with Gasteiger partial charge in [-0.25, -0.2) is 4.98 Å². The van der Waals surface area contributed by atoms with Gasteiger partial charge in [0.25, 0.3) is 0 Å². The third kappa shape index (κ3) is 5.34. The van der Waals surface area contributed by atoms with Crippen molar-refractivity contribution in [2.24, 2.45) is 0 Å². The highest BCUT2D eigenvalue weighted by Gasteiger charge is 2.09. The highest BCUT2D eigenvalue weighted by Crippen LogP contribution is 2.28. The lowest BCUT2D eigenvalue weighted by Gasteiger charge is -2.07. The Morgan fingerprint density at radius 3 is 2.34 bits per heavy atom. The second kappa shape index (κ2) is 10.3. The summed E-state index contributed by atoms with van der Waals surface area (Å²) in [7, 11) is 0. The fourth-order valence-corrected chi connectivity index (χ4v) is 3.75. The van der Waals surface area contributed by atoms with E-state index in [2.05, 4.69) is 16.4 Å². The van der Waals surface area contributed by atoms with E-state index in [0.29, 0.717) is 17.2 Å². The Morgan fingerprint density at radius 2 is 1.66 bits per heavy atom. The van der Waals surface area contributed by atoms with Gasteiger partial charge in [-0.3, -0.25) is 0 Å². The number of rotatable bonds is 8. The molecule has 5 nitrogen and oxygen atoms in total. The fourth-order valence-electron chi connectivity index (χ4n) is 2.96. The van der Waals surface area contributed by atoms with Gasteiger partial charge in [0.2, 0.25) is 0 Å². The summed E-state index contributed by atoms with van der Waals surface area (Å²) >= 11 is 1.44. The number of nitrogens with one attached hydrogen (secondary N) is 1. The number of allylic oxidation sites excluding steroid dienone is 1. The maximum Gasteiger partial charge on any atom is 0.136 e. The molecular formula is C26H21N3O2S. The lowest BCUT2D eigenvalue weighted by molar-refractivity contribution is 0.340. The van der Waals surface area contributed by atoms with Crippen LogP contribution in [0.25, 0.3) is 16.8 Å². The Labute approximate surface area is 191 Å². The molecule has 0 atom stereocenters. The van der Waals surface area contributed by atoms with Crippen molar-refractivity contribution in [1.29, 1.82) is 5.26 Å². The summed E-state index contributed by atoms with van der Waals surface area (Å²) in [6, 6.07) is 27.2. The number of aromatic nitrogens is 1. The molecule has 0 radical (unpaired) electrons. The van der Waals surface area contributed by atoms with Crippen LogP contribution in [0, 0.1) is 11.3 Å². The number of hydrogen-bond donors (Lipinski definition) is 1. The molecule has 158 valence electrons. The quantitative estimate of drug-likeness (QED) is 0.300. The number of ether oxygens (including phenoxy) is 2. The van der Waals surface area contributed by atoms with Crippen LogP contribution in [0.5, 0.6) is 17.2 Å². The van der Waals surface area contributed by atoms with E-state index < -0.39 is 0 Å². The maximum atomic E-state index is 9.61. The average molecular weight is 440 g/mol. The van der Waals surface area contributed by atoms with E-state index in [1.807, 2.05) is 91.2 Å². The first-order valence-corrected chi connectivity index (χ1v) is 11.0. The Morgan fingerprint density at radius 1 is 0.969 bits per heavy atom. The second-order valence-electron chi connectivity index (χ2n) is 6.75. The molecule has 0 spiro atoms. The van der Waals surface area contributed by atoms with E-state index in [-0.39, 0.29) is 0 Å². The summed E-state index contributed by atoms with van der Waals surface area (Å²) in [5.41, 5.74) is 3.13. The van der Waals surface area contributed by atoms with Crippen molar-refractivity contribution in [3.63, 3.8) is 0 Å². The Kier molecular flexibility index (Phi) is 6.81. The van der Waals surface area contributed by atoms with Crippen LogP contribution < -0.4 is 14.8 Å². The molecule has 0 aliphatic carbocycles. The summed E-state index contributed by atoms with van der Waals surface area (Å²) in [5.74, 6) is 2.35. The number of thiazole rings is 1. The zero-order chi connectivity index (χ0) is 22.2. The molecule has 0 saturated carbocycles. The van der Waals surface area contributed by atoms with Gasteiger partial charge < -0.3 is 14.8 Å². The molecule has 0 saturated heterocycles. The molecule has 0 unspecified atom stereocenters. The minimum Gasteiger partial charge on any atom is -0.494 e. The topological polar surface area (TPSA) is 67.2 Å². The number of para-hydroxylation sites is 1. The average Bonchev–Trinajstić information content (AvgIpc) is 3.32. The van der Waals surface area contributed by atoms with Gasteiger partial charge in [-0.05, 0) is 67.6 Å². The Bertz CT molecular complexity index is 1220. The highest BCUT2D eigenvalue weighted by atomic mass is 32.1. The summed E-state index contributed by atoms with van der Waals surface area (Å²) in [4.78, 5) is 4.63. The van der Waals surface area contributed by atoms with Gasteiger partial charge in [0.05, 0.1) is 12.3 Å². The van der Waals surface area contributed by atoms with E-state index in [1.54, 1.807) is 6.20 Å². The third-order valence-electron chi connectivity index (χ3n) is 4.53. The first kappa shape index (κ1) is 21.2. The number of nitrogens with zero attached hydrogens (tertiary/aromatic N) is 2. The molecule has 6 heteroatoms. The largest absolute Gasteiger partial charge is 0.494 e. The van der Waals surface area contributed by atoms with Crippen molar-refractivity contribution >= 4 is 22.6 Å². The molecule has 0 amide bonds. The molecule has 0 aliphatic heterocycles. The van der Waals surface area contributed by atoms with E-state index in [1.165, 1.54) is 11.3 Å². The van der Waals surface area contributed by atoms with Crippen LogP contribution in [0.3, 0.4) is 0 Å². The number of nitriles is 1. The van der Waals surface area contributed by atoms with Crippen molar-refractivity contribution in [2.75, 3.05) is 11.9 Å². The van der Waals surface area contributed by atoms with Gasteiger partial charge in [-0.15, -0.1) is 11.3 Å². The molecule has 0 bridgehead atoms. The molecule has 0 aliphatic rings. The van der Waals surface area contributed by atoms with Crippen LogP contribution in [0.2, 0.25) is 0 Å². The summed E-state index contributed by atoms with van der Waals surface area (Å²) in [6.07, 6.45) is 1.67. The Hall–Kier alpha value is -4.08. The van der Waals surface area contributed by atoms with Crippen molar-refractivity contribution in [3.05, 3.63) is 95.5 Å². The summed E-state index contributed by atoms with van der Waals surface area (Å²) in [5, 5.41) is 15.4. The number of anilines is 1. The van der Waals surface area contributed by atoms with Gasteiger partial charge >= 0.3 is 0 Å². The van der Waals surface area contributed by atoms with Crippen LogP contribution in [0.1, 0.15) is 11.9 Å². The molecule has 0 fully saturated rings. The standard InChI is InChI=1S/C26H21N3O2S/c1-2-30-22-12-8-19(9-13-22)25-18-32-26(29-25)20(16-27)17-28-21-10-14-24(15-11-21)31-23-6-4-3-5-7-23/h3-15,17-18,28H,2H2,1H3/b20-17+. The molecule has 32 heavy (non-hydrogen) atoms. The predicted molar refractivity (Wildman–Crippen MR) is 129 cm³/mol. The van der Waals surface area contributed by atoms with Gasteiger partial charge in [0.15, 0.2) is 0 Å². The second-order valence-corrected chi connectivity index (χ2v) is 7.61. The SMILES string of the molecule is CCOc1ccc(-c2csc(/C(C#N)=C/Nc3ccc(Oc4ccccc4)cc3)n2)cc1. The van der Waals surface area contributed by atoms with Crippen molar-refractivity contribution in [2.45, 2.75) is 6.92 Å². The molecule has 3 aromatic carbocycles. The minimum absolute atomic E-state index is 0.469. The van der Waals surface area contributed by atoms with Crippen LogP contribution in [-0.4, -0.2) is 11.6 Å². The van der Waals surface area contributed by atoms with Gasteiger partial charge in [0.1, 0.15) is 33.9 Å². The first-order chi connectivity index (χ1) is 15.7. The van der Waals surface area contributed by atoms with Crippen LogP contribution in [0.15, 0.2) is 90.4 Å². The lowest BCUT2D eigenvalue weighted by atomic mass is 10.2. The predicted octanol–water partition coefficient (Wildman–Crippen LogP) is 6.98. The van der Waals surface area contributed by atoms with Crippen molar-refractivity contribution in [3.8, 4) is 34.6 Å². The van der Waals surface area contributed by atoms with Crippen LogP contribution in [0.4, 0.5) is 5.69 Å². The highest BCUT2D eigenvalue weighted by molar-refractivity contribution is 7.11. The van der Waals surface area contributed by atoms with Gasteiger partial charge in [-0.1, -0.05) is 18.2 Å². The third-order valence-corrected chi connectivity index (χ3v) is 5.41. The van der Waals surface area contributed by atoms with Gasteiger partial charge in [0, 0.05) is 22.8 Å². The first-order valence-electron chi connectivity index (χ1n) is 10.1. The molecule has 4 rings (SSSR count). The van der Waals surface area contributed by atoms with Gasteiger partial charge in [-0.2, -0.15) is 5.26 Å². The van der Waals surface area contributed by atoms with E-state index in [9.17, 15) is 5.26 Å². The zero-order valence-corrected chi connectivity index (χ0v) is 18.3. The molecular weight excluding hydrogens is 418 g/mol. The molecule has 1 heterocycles. The summed E-state index contributed by atoms with van der Waals surface area (Å²) in [6.45, 7) is 2.59. The van der Waals surface area contributed by atoms with Crippen LogP contribution >= 0.6 is 11.3 Å². The van der Waals surface area contributed by atoms with E-state index >= 15 is 0 Å². The lowest BCUT2D eigenvalue weighted by Crippen LogP contribution is -1.92. The van der Waals surface area contributed by atoms with Crippen molar-refractivity contribution < 1.29 is 9.47 Å². The summed E-state index contributed by atoms with van der Waals surface area (Å²) < 4.78 is 11.3.